The Bertz CT molecular complexity index is 904. The van der Waals surface area contributed by atoms with Crippen molar-refractivity contribution in [3.05, 3.63) is 59.1 Å². The number of ether oxygens (including phenoxy) is 1. The summed E-state index contributed by atoms with van der Waals surface area (Å²) in [5, 5.41) is 3.01. The average Bonchev–Trinajstić information content (AvgIpc) is 2.71. The number of amides is 1. The Hall–Kier alpha value is -2.09. The van der Waals surface area contributed by atoms with Gasteiger partial charge in [0.1, 0.15) is 11.8 Å². The monoisotopic (exact) mass is 438 g/mol. The van der Waals surface area contributed by atoms with Crippen LogP contribution in [-0.4, -0.2) is 34.0 Å². The van der Waals surface area contributed by atoms with Gasteiger partial charge in [-0.1, -0.05) is 61.7 Å². The summed E-state index contributed by atoms with van der Waals surface area (Å²) < 4.78 is 33.3. The number of benzene rings is 2. The molecule has 2 aromatic rings. The Kier molecular flexibility index (Phi) is 8.95. The van der Waals surface area contributed by atoms with E-state index in [9.17, 15) is 13.2 Å². The molecule has 2 aromatic carbocycles. The van der Waals surface area contributed by atoms with Gasteiger partial charge in [-0.15, -0.1) is 0 Å². The number of carbonyl (C=O) groups is 1. The van der Waals surface area contributed by atoms with Crippen molar-refractivity contribution >= 4 is 27.5 Å². The van der Waals surface area contributed by atoms with Gasteiger partial charge < -0.3 is 10.1 Å². The molecule has 1 amide bonds. The first-order chi connectivity index (χ1) is 13.9. The Morgan fingerprint density at radius 2 is 1.86 bits per heavy atom. The molecule has 0 heterocycles. The number of halogens is 1. The molecule has 6 nitrogen and oxygen atoms in total. The second-order valence-corrected chi connectivity index (χ2v) is 8.78. The van der Waals surface area contributed by atoms with Crippen LogP contribution in [0, 0.1) is 0 Å². The van der Waals surface area contributed by atoms with Crippen molar-refractivity contribution in [2.24, 2.45) is 0 Å². The highest BCUT2D eigenvalue weighted by atomic mass is 35.5. The number of unbranched alkanes of at least 4 members (excludes halogenated alkanes) is 2. The zero-order valence-corrected chi connectivity index (χ0v) is 18.2. The molecular weight excluding hydrogens is 412 g/mol. The molecule has 0 saturated heterocycles. The quantitative estimate of drug-likeness (QED) is 0.525. The largest absolute Gasteiger partial charge is 0.495 e. The van der Waals surface area contributed by atoms with Crippen molar-refractivity contribution in [2.45, 2.75) is 43.5 Å². The lowest BCUT2D eigenvalue weighted by Crippen LogP contribution is -2.48. The van der Waals surface area contributed by atoms with Crippen LogP contribution in [-0.2, 0) is 21.2 Å². The Morgan fingerprint density at radius 3 is 2.48 bits per heavy atom. The van der Waals surface area contributed by atoms with E-state index in [0.29, 0.717) is 12.3 Å². The molecule has 0 spiro atoms. The van der Waals surface area contributed by atoms with Crippen LogP contribution in [0.3, 0.4) is 0 Å². The van der Waals surface area contributed by atoms with E-state index in [2.05, 4.69) is 17.0 Å². The Morgan fingerprint density at radius 1 is 1.14 bits per heavy atom. The summed E-state index contributed by atoms with van der Waals surface area (Å²) in [6, 6.07) is 12.5. The molecule has 0 aliphatic heterocycles. The van der Waals surface area contributed by atoms with E-state index >= 15 is 0 Å². The summed E-state index contributed by atoms with van der Waals surface area (Å²) in [7, 11) is -2.51. The maximum Gasteiger partial charge on any atom is 0.241 e. The minimum absolute atomic E-state index is 0.0276. The molecule has 0 aromatic heterocycles. The molecule has 0 saturated carbocycles. The smallest absolute Gasteiger partial charge is 0.241 e. The van der Waals surface area contributed by atoms with Crippen LogP contribution in [0.15, 0.2) is 53.4 Å². The molecule has 0 radical (unpaired) electrons. The summed E-state index contributed by atoms with van der Waals surface area (Å²) in [6.45, 7) is 2.59. The van der Waals surface area contributed by atoms with Crippen molar-refractivity contribution in [3.63, 3.8) is 0 Å². The van der Waals surface area contributed by atoms with Crippen LogP contribution in [0.5, 0.6) is 5.75 Å². The maximum absolute atomic E-state index is 12.9. The number of carbonyl (C=O) groups excluding carboxylic acids is 1. The van der Waals surface area contributed by atoms with Gasteiger partial charge in [0.2, 0.25) is 15.9 Å². The second-order valence-electron chi connectivity index (χ2n) is 6.66. The SMILES string of the molecule is CCCCCNC(=O)C(Cc1ccccc1)NS(=O)(=O)c1ccc(OC)c(Cl)c1. The highest BCUT2D eigenvalue weighted by Gasteiger charge is 2.26. The third-order valence-corrected chi connectivity index (χ3v) is 6.17. The maximum atomic E-state index is 12.9. The van der Waals surface area contributed by atoms with Gasteiger partial charge in [0, 0.05) is 6.54 Å². The second kappa shape index (κ2) is 11.2. The topological polar surface area (TPSA) is 84.5 Å². The summed E-state index contributed by atoms with van der Waals surface area (Å²) in [5.41, 5.74) is 0.858. The lowest BCUT2D eigenvalue weighted by molar-refractivity contribution is -0.122. The van der Waals surface area contributed by atoms with Gasteiger partial charge in [-0.3, -0.25) is 4.79 Å². The molecular formula is C21H27ClN2O4S. The van der Waals surface area contributed by atoms with E-state index in [0.717, 1.165) is 24.8 Å². The Balaban J connectivity index is 2.20. The molecule has 29 heavy (non-hydrogen) atoms. The van der Waals surface area contributed by atoms with Crippen molar-refractivity contribution < 1.29 is 17.9 Å². The van der Waals surface area contributed by atoms with E-state index in [4.69, 9.17) is 16.3 Å². The molecule has 0 aliphatic rings. The van der Waals surface area contributed by atoms with E-state index in [-0.39, 0.29) is 22.2 Å². The fraction of sp³-hybridized carbons (Fsp3) is 0.381. The predicted octanol–water partition coefficient (Wildman–Crippen LogP) is 3.54. The predicted molar refractivity (Wildman–Crippen MR) is 115 cm³/mol. The van der Waals surface area contributed by atoms with E-state index in [1.807, 2.05) is 30.3 Å². The van der Waals surface area contributed by atoms with Gasteiger partial charge in [0.25, 0.3) is 0 Å². The highest BCUT2D eigenvalue weighted by molar-refractivity contribution is 7.89. The third-order valence-electron chi connectivity index (χ3n) is 4.41. The summed E-state index contributed by atoms with van der Waals surface area (Å²) in [5.74, 6) is 0.0215. The first kappa shape index (κ1) is 23.2. The van der Waals surface area contributed by atoms with Crippen LogP contribution in [0.4, 0.5) is 0 Å². The van der Waals surface area contributed by atoms with E-state index in [1.54, 1.807) is 0 Å². The third kappa shape index (κ3) is 7.03. The lowest BCUT2D eigenvalue weighted by atomic mass is 10.1. The number of methoxy groups -OCH3 is 1. The van der Waals surface area contributed by atoms with Crippen molar-refractivity contribution in [3.8, 4) is 5.75 Å². The number of sulfonamides is 1. The molecule has 1 unspecified atom stereocenters. The molecule has 158 valence electrons. The van der Waals surface area contributed by atoms with Crippen LogP contribution >= 0.6 is 11.6 Å². The van der Waals surface area contributed by atoms with Crippen LogP contribution in [0.25, 0.3) is 0 Å². The van der Waals surface area contributed by atoms with Gasteiger partial charge in [-0.25, -0.2) is 8.42 Å². The minimum Gasteiger partial charge on any atom is -0.495 e. The van der Waals surface area contributed by atoms with Crippen LogP contribution in [0.2, 0.25) is 5.02 Å². The van der Waals surface area contributed by atoms with Gasteiger partial charge in [-0.05, 0) is 36.6 Å². The van der Waals surface area contributed by atoms with E-state index in [1.165, 1.54) is 25.3 Å². The molecule has 0 fully saturated rings. The number of nitrogens with one attached hydrogen (secondary N) is 2. The molecule has 0 aliphatic carbocycles. The summed E-state index contributed by atoms with van der Waals surface area (Å²) in [6.07, 6.45) is 3.12. The fourth-order valence-electron chi connectivity index (χ4n) is 2.82. The van der Waals surface area contributed by atoms with Crippen LogP contribution < -0.4 is 14.8 Å². The van der Waals surface area contributed by atoms with Crippen molar-refractivity contribution in [2.75, 3.05) is 13.7 Å². The van der Waals surface area contributed by atoms with Crippen LogP contribution in [0.1, 0.15) is 31.7 Å². The van der Waals surface area contributed by atoms with Crippen molar-refractivity contribution in [1.29, 1.82) is 0 Å². The number of rotatable bonds is 11. The molecule has 2 N–H and O–H groups in total. The molecule has 0 bridgehead atoms. The van der Waals surface area contributed by atoms with Gasteiger partial charge >= 0.3 is 0 Å². The molecule has 8 heteroatoms. The van der Waals surface area contributed by atoms with Gasteiger partial charge in [-0.2, -0.15) is 4.72 Å². The molecule has 1 atom stereocenters. The zero-order chi connectivity index (χ0) is 21.3. The lowest BCUT2D eigenvalue weighted by Gasteiger charge is -2.19. The van der Waals surface area contributed by atoms with E-state index < -0.39 is 16.1 Å². The first-order valence-electron chi connectivity index (χ1n) is 9.55. The van der Waals surface area contributed by atoms with Crippen molar-refractivity contribution in [1.82, 2.24) is 10.0 Å². The number of hydrogen-bond acceptors (Lipinski definition) is 4. The first-order valence-corrected chi connectivity index (χ1v) is 11.4. The molecule has 2 rings (SSSR count). The van der Waals surface area contributed by atoms with Gasteiger partial charge in [0.15, 0.2) is 0 Å². The minimum atomic E-state index is -3.96. The normalized spacial score (nSPS) is 12.4. The standard InChI is InChI=1S/C21H27ClN2O4S/c1-3-4-8-13-23-21(25)19(14-16-9-6-5-7-10-16)24-29(26,27)17-11-12-20(28-2)18(22)15-17/h5-7,9-12,15,19,24H,3-4,8,13-14H2,1-2H3,(H,23,25). The number of hydrogen-bond donors (Lipinski definition) is 2. The van der Waals surface area contributed by atoms with Gasteiger partial charge in [0.05, 0.1) is 17.0 Å². The highest BCUT2D eigenvalue weighted by Crippen LogP contribution is 2.27. The fourth-order valence-corrected chi connectivity index (χ4v) is 4.36. The zero-order valence-electron chi connectivity index (χ0n) is 16.7. The Labute approximate surface area is 177 Å². The summed E-state index contributed by atoms with van der Waals surface area (Å²) in [4.78, 5) is 12.7. The average molecular weight is 439 g/mol. The summed E-state index contributed by atoms with van der Waals surface area (Å²) >= 11 is 6.07.